The van der Waals surface area contributed by atoms with Crippen LogP contribution in [0.3, 0.4) is 0 Å². The molecule has 5 nitrogen and oxygen atoms in total. The Morgan fingerprint density at radius 2 is 1.71 bits per heavy atom. The van der Waals surface area contributed by atoms with Gasteiger partial charge in [0, 0.05) is 16.7 Å². The minimum absolute atomic E-state index is 0.319. The number of methoxy groups -OCH3 is 2. The summed E-state index contributed by atoms with van der Waals surface area (Å²) < 4.78 is 77.4. The largest absolute Gasteiger partial charge is 0.493 e. The number of para-hydroxylation sites is 1. The maximum absolute atomic E-state index is 14.2. The van der Waals surface area contributed by atoms with Crippen LogP contribution < -0.4 is 9.47 Å². The van der Waals surface area contributed by atoms with Crippen molar-refractivity contribution in [2.45, 2.75) is 11.6 Å². The van der Waals surface area contributed by atoms with Crippen LogP contribution in [0, 0.1) is 11.6 Å². The number of carbonyl (C=O) groups excluding carboxylic acids is 1. The molecule has 0 fully saturated rings. The predicted octanol–water partition coefficient (Wildman–Crippen LogP) is 6.25. The van der Waals surface area contributed by atoms with Gasteiger partial charge in [-0.2, -0.15) is 18.3 Å². The fraction of sp³-hybridized carbons (Fsp3) is 0.167. The van der Waals surface area contributed by atoms with E-state index in [1.807, 2.05) is 0 Å². The third kappa shape index (κ3) is 4.81. The van der Waals surface area contributed by atoms with E-state index in [4.69, 9.17) is 9.47 Å². The fourth-order valence-corrected chi connectivity index (χ4v) is 4.69. The van der Waals surface area contributed by atoms with Crippen molar-refractivity contribution in [1.82, 2.24) is 5.01 Å². The minimum atomic E-state index is -4.90. The lowest BCUT2D eigenvalue weighted by Gasteiger charge is -2.23. The van der Waals surface area contributed by atoms with E-state index >= 15 is 0 Å². The Hall–Kier alpha value is -3.60. The highest BCUT2D eigenvalue weighted by molar-refractivity contribution is 8.14. The van der Waals surface area contributed by atoms with Gasteiger partial charge >= 0.3 is 6.18 Å². The zero-order valence-electron chi connectivity index (χ0n) is 18.3. The zero-order chi connectivity index (χ0) is 25.3. The summed E-state index contributed by atoms with van der Waals surface area (Å²) in [6.45, 7) is 0. The van der Waals surface area contributed by atoms with Gasteiger partial charge in [-0.25, -0.2) is 13.8 Å². The number of carbonyl (C=O) groups is 1. The second kappa shape index (κ2) is 9.57. The van der Waals surface area contributed by atoms with E-state index in [2.05, 4.69) is 5.10 Å². The molecule has 182 valence electrons. The first kappa shape index (κ1) is 24.5. The molecule has 1 aliphatic rings. The van der Waals surface area contributed by atoms with Crippen molar-refractivity contribution in [2.75, 3.05) is 14.2 Å². The van der Waals surface area contributed by atoms with Gasteiger partial charge < -0.3 is 9.47 Å². The molecule has 0 saturated heterocycles. The van der Waals surface area contributed by atoms with Crippen molar-refractivity contribution in [3.63, 3.8) is 0 Å². The molecule has 1 aliphatic heterocycles. The van der Waals surface area contributed by atoms with Gasteiger partial charge in [0.05, 0.1) is 19.8 Å². The van der Waals surface area contributed by atoms with Crippen LogP contribution >= 0.6 is 11.8 Å². The normalized spacial score (nSPS) is 15.7. The molecule has 0 N–H and O–H groups in total. The second-order valence-electron chi connectivity index (χ2n) is 7.31. The number of rotatable bonds is 5. The molecule has 1 heterocycles. The summed E-state index contributed by atoms with van der Waals surface area (Å²) in [6, 6.07) is 12.4. The first-order valence-electron chi connectivity index (χ1n) is 10.1. The minimum Gasteiger partial charge on any atom is -0.493 e. The van der Waals surface area contributed by atoms with Crippen LogP contribution in [0.2, 0.25) is 0 Å². The Labute approximate surface area is 201 Å². The molecule has 35 heavy (non-hydrogen) atoms. The van der Waals surface area contributed by atoms with Crippen molar-refractivity contribution < 1.29 is 36.2 Å². The third-order valence-electron chi connectivity index (χ3n) is 5.16. The first-order chi connectivity index (χ1) is 16.6. The number of hydrogen-bond acceptors (Lipinski definition) is 5. The highest BCUT2D eigenvalue weighted by Gasteiger charge is 2.38. The van der Waals surface area contributed by atoms with Gasteiger partial charge in [0.1, 0.15) is 22.1 Å². The van der Waals surface area contributed by atoms with Crippen LogP contribution in [0.15, 0.2) is 65.8 Å². The number of benzene rings is 3. The first-order valence-corrected chi connectivity index (χ1v) is 10.9. The zero-order valence-corrected chi connectivity index (χ0v) is 19.1. The van der Waals surface area contributed by atoms with Crippen LogP contribution in [0.25, 0.3) is 0 Å². The van der Waals surface area contributed by atoms with Gasteiger partial charge in [-0.15, -0.1) is 0 Å². The van der Waals surface area contributed by atoms with Crippen molar-refractivity contribution in [1.29, 1.82) is 0 Å². The highest BCUT2D eigenvalue weighted by Crippen LogP contribution is 2.47. The monoisotopic (exact) mass is 508 g/mol. The molecule has 11 heteroatoms. The summed E-state index contributed by atoms with van der Waals surface area (Å²) in [5.74, 6) is -2.17. The van der Waals surface area contributed by atoms with Gasteiger partial charge in [-0.3, -0.25) is 4.79 Å². The lowest BCUT2D eigenvalue weighted by Crippen LogP contribution is -2.26. The molecule has 0 saturated carbocycles. The van der Waals surface area contributed by atoms with Crippen LogP contribution in [-0.2, 0) is 6.18 Å². The fourth-order valence-electron chi connectivity index (χ4n) is 3.51. The number of thioether (sulfide) groups is 1. The number of amides is 1. The van der Waals surface area contributed by atoms with Crippen molar-refractivity contribution in [3.05, 3.63) is 94.6 Å². The Morgan fingerprint density at radius 1 is 1.00 bits per heavy atom. The molecule has 1 atom stereocenters. The molecule has 3 aromatic rings. The highest BCUT2D eigenvalue weighted by atomic mass is 32.2. The Kier molecular flexibility index (Phi) is 6.70. The van der Waals surface area contributed by atoms with Gasteiger partial charge in [-0.05, 0) is 48.5 Å². The molecular formula is C24H17F5N2O3S. The Balaban J connectivity index is 1.79. The lowest BCUT2D eigenvalue weighted by molar-refractivity contribution is -0.140. The topological polar surface area (TPSA) is 51.1 Å². The summed E-state index contributed by atoms with van der Waals surface area (Å²) in [7, 11) is 2.86. The molecular weight excluding hydrogens is 491 g/mol. The van der Waals surface area contributed by atoms with Crippen LogP contribution in [0.1, 0.15) is 32.4 Å². The molecule has 1 amide bonds. The van der Waals surface area contributed by atoms with E-state index in [1.165, 1.54) is 38.5 Å². The summed E-state index contributed by atoms with van der Waals surface area (Å²) in [5.41, 5.74) is -0.811. The Morgan fingerprint density at radius 3 is 2.31 bits per heavy atom. The second-order valence-corrected chi connectivity index (χ2v) is 8.38. The maximum atomic E-state index is 14.2. The van der Waals surface area contributed by atoms with E-state index < -0.39 is 34.7 Å². The van der Waals surface area contributed by atoms with Gasteiger partial charge in [0.2, 0.25) is 0 Å². The summed E-state index contributed by atoms with van der Waals surface area (Å²) in [5, 5.41) is 4.90. The summed E-state index contributed by atoms with van der Waals surface area (Å²) in [6.07, 6.45) is -4.90. The van der Waals surface area contributed by atoms with Crippen LogP contribution in [-0.4, -0.2) is 30.2 Å². The van der Waals surface area contributed by atoms with Crippen LogP contribution in [0.5, 0.6) is 11.5 Å². The SMILES string of the molecule is COc1cccc(C2SC(c3ccc(F)cc3)=NN2C(=O)c2ccc(C(F)(F)F)c(F)c2)c1OC. The van der Waals surface area contributed by atoms with Crippen molar-refractivity contribution in [2.24, 2.45) is 5.10 Å². The molecule has 0 radical (unpaired) electrons. The Bertz CT molecular complexity index is 1300. The van der Waals surface area contributed by atoms with Crippen molar-refractivity contribution in [3.8, 4) is 11.5 Å². The number of hydrazone groups is 1. The van der Waals surface area contributed by atoms with E-state index in [9.17, 15) is 26.7 Å². The average Bonchev–Trinajstić information content (AvgIpc) is 3.27. The van der Waals surface area contributed by atoms with E-state index in [-0.39, 0.29) is 5.56 Å². The number of ether oxygens (including phenoxy) is 2. The van der Waals surface area contributed by atoms with Gasteiger partial charge in [0.25, 0.3) is 5.91 Å². The average molecular weight is 508 g/mol. The maximum Gasteiger partial charge on any atom is 0.419 e. The van der Waals surface area contributed by atoms with Crippen LogP contribution in [0.4, 0.5) is 22.0 Å². The molecule has 3 aromatic carbocycles. The number of nitrogens with zero attached hydrogens (tertiary/aromatic N) is 2. The standard InChI is InChI=1S/C24H17F5N2O3S/c1-33-19-5-3-4-16(20(19)34-2)23-31(30-21(35-23)13-6-9-15(25)10-7-13)22(32)14-8-11-17(18(26)12-14)24(27,28)29/h3-12,23H,1-2H3. The molecule has 4 rings (SSSR count). The lowest BCUT2D eigenvalue weighted by atomic mass is 10.1. The number of hydrogen-bond donors (Lipinski definition) is 0. The van der Waals surface area contributed by atoms with Crippen molar-refractivity contribution >= 4 is 22.7 Å². The van der Waals surface area contributed by atoms with Gasteiger partial charge in [-0.1, -0.05) is 23.9 Å². The third-order valence-corrected chi connectivity index (χ3v) is 6.38. The molecule has 0 bridgehead atoms. The molecule has 1 unspecified atom stereocenters. The molecule has 0 aromatic heterocycles. The summed E-state index contributed by atoms with van der Waals surface area (Å²) in [4.78, 5) is 13.4. The summed E-state index contributed by atoms with van der Waals surface area (Å²) >= 11 is 1.14. The smallest absolute Gasteiger partial charge is 0.419 e. The molecule has 0 spiro atoms. The quantitative estimate of drug-likeness (QED) is 0.383. The van der Waals surface area contributed by atoms with E-state index in [0.717, 1.165) is 22.8 Å². The predicted molar refractivity (Wildman–Crippen MR) is 120 cm³/mol. The number of halogens is 5. The number of alkyl halides is 3. The van der Waals surface area contributed by atoms with E-state index in [1.54, 1.807) is 18.2 Å². The molecule has 0 aliphatic carbocycles. The van der Waals surface area contributed by atoms with E-state index in [0.29, 0.717) is 39.8 Å². The van der Waals surface area contributed by atoms with Gasteiger partial charge in [0.15, 0.2) is 11.5 Å².